The number of benzene rings is 3. The van der Waals surface area contributed by atoms with Crippen LogP contribution in [0.2, 0.25) is 0 Å². The summed E-state index contributed by atoms with van der Waals surface area (Å²) in [5.74, 6) is 0. The lowest BCUT2D eigenvalue weighted by Crippen LogP contribution is -1.91. The van der Waals surface area contributed by atoms with Crippen LogP contribution in [0, 0.1) is 0 Å². The van der Waals surface area contributed by atoms with Crippen molar-refractivity contribution in [3.05, 3.63) is 83.2 Å². The zero-order valence-corrected chi connectivity index (χ0v) is 13.7. The van der Waals surface area contributed by atoms with Gasteiger partial charge in [-0.25, -0.2) is 0 Å². The predicted molar refractivity (Wildman–Crippen MR) is 96.5 cm³/mol. The average molecular weight is 353 g/mol. The zero-order chi connectivity index (χ0) is 14.2. The Morgan fingerprint density at radius 3 is 2.48 bits per heavy atom. The summed E-state index contributed by atoms with van der Waals surface area (Å²) >= 11 is 5.70. The molecule has 0 aliphatic carbocycles. The van der Waals surface area contributed by atoms with Crippen LogP contribution in [0.3, 0.4) is 0 Å². The van der Waals surface area contributed by atoms with Crippen molar-refractivity contribution >= 4 is 48.1 Å². The number of halogens is 1. The van der Waals surface area contributed by atoms with Gasteiger partial charge in [0.1, 0.15) is 0 Å². The summed E-state index contributed by atoms with van der Waals surface area (Å²) in [4.78, 5) is 0.234. The summed E-state index contributed by atoms with van der Waals surface area (Å²) in [5.41, 5.74) is 2.66. The maximum absolute atomic E-state index is 3.89. The van der Waals surface area contributed by atoms with Gasteiger partial charge in [-0.2, -0.15) is 0 Å². The van der Waals surface area contributed by atoms with Gasteiger partial charge in [0.05, 0.1) is 4.83 Å². The molecule has 2 heteroatoms. The molecule has 3 aromatic carbocycles. The Hall–Kier alpha value is -1.64. The number of hydrogen-bond donors (Lipinski definition) is 0. The Morgan fingerprint density at radius 1 is 0.810 bits per heavy atom. The minimum Gasteiger partial charge on any atom is -0.143 e. The van der Waals surface area contributed by atoms with Crippen LogP contribution in [0.4, 0.5) is 0 Å². The Balaban J connectivity index is 1.83. The van der Waals surface area contributed by atoms with Gasteiger partial charge in [0.2, 0.25) is 0 Å². The van der Waals surface area contributed by atoms with Gasteiger partial charge in [-0.15, -0.1) is 11.3 Å². The zero-order valence-electron chi connectivity index (χ0n) is 11.3. The molecule has 0 nitrogen and oxygen atoms in total. The van der Waals surface area contributed by atoms with Crippen LogP contribution in [-0.4, -0.2) is 0 Å². The van der Waals surface area contributed by atoms with Gasteiger partial charge in [0.25, 0.3) is 0 Å². The SMILES string of the molecule is BrC(c1ccc2ccccc2c1)c1csc2ccccc12. The van der Waals surface area contributed by atoms with Crippen molar-refractivity contribution in [2.75, 3.05) is 0 Å². The number of alkyl halides is 1. The first-order chi connectivity index (χ1) is 10.3. The highest BCUT2D eigenvalue weighted by atomic mass is 79.9. The lowest BCUT2D eigenvalue weighted by molar-refractivity contribution is 1.22. The molecule has 0 saturated heterocycles. The van der Waals surface area contributed by atoms with E-state index in [1.54, 1.807) is 0 Å². The Bertz CT molecular complexity index is 923. The maximum Gasteiger partial charge on any atom is 0.0659 e. The third-order valence-electron chi connectivity index (χ3n) is 3.85. The van der Waals surface area contributed by atoms with Gasteiger partial charge in [-0.05, 0) is 44.8 Å². The Morgan fingerprint density at radius 2 is 1.57 bits per heavy atom. The second kappa shape index (κ2) is 5.28. The molecule has 0 aliphatic rings. The fraction of sp³-hybridized carbons (Fsp3) is 0.0526. The van der Waals surface area contributed by atoms with Gasteiger partial charge in [0, 0.05) is 4.70 Å². The molecule has 0 bridgehead atoms. The second-order valence-corrected chi connectivity index (χ2v) is 6.98. The number of fused-ring (bicyclic) bond motifs is 2. The van der Waals surface area contributed by atoms with E-state index in [1.807, 2.05) is 11.3 Å². The lowest BCUT2D eigenvalue weighted by Gasteiger charge is -2.11. The third kappa shape index (κ3) is 2.29. The van der Waals surface area contributed by atoms with Crippen molar-refractivity contribution in [2.45, 2.75) is 4.83 Å². The highest BCUT2D eigenvalue weighted by Crippen LogP contribution is 2.39. The Kier molecular flexibility index (Phi) is 3.28. The van der Waals surface area contributed by atoms with E-state index in [1.165, 1.54) is 32.0 Å². The summed E-state index contributed by atoms with van der Waals surface area (Å²) in [6, 6.07) is 23.8. The minimum absolute atomic E-state index is 0.234. The lowest BCUT2D eigenvalue weighted by atomic mass is 10.0. The average Bonchev–Trinajstić information content (AvgIpc) is 2.98. The van der Waals surface area contributed by atoms with Crippen LogP contribution in [0.5, 0.6) is 0 Å². The van der Waals surface area contributed by atoms with Crippen LogP contribution < -0.4 is 0 Å². The highest BCUT2D eigenvalue weighted by Gasteiger charge is 2.15. The molecule has 0 spiro atoms. The van der Waals surface area contributed by atoms with E-state index < -0.39 is 0 Å². The summed E-state index contributed by atoms with van der Waals surface area (Å²) in [6.07, 6.45) is 0. The largest absolute Gasteiger partial charge is 0.143 e. The smallest absolute Gasteiger partial charge is 0.0659 e. The molecule has 1 aromatic heterocycles. The van der Waals surface area contributed by atoms with Gasteiger partial charge < -0.3 is 0 Å². The molecule has 21 heavy (non-hydrogen) atoms. The first-order valence-corrected chi connectivity index (χ1v) is 8.71. The molecule has 4 rings (SSSR count). The molecule has 0 saturated carbocycles. The first-order valence-electron chi connectivity index (χ1n) is 6.92. The van der Waals surface area contributed by atoms with E-state index in [9.17, 15) is 0 Å². The molecule has 0 N–H and O–H groups in total. The monoisotopic (exact) mass is 352 g/mol. The highest BCUT2D eigenvalue weighted by molar-refractivity contribution is 9.09. The quantitative estimate of drug-likeness (QED) is 0.359. The van der Waals surface area contributed by atoms with Gasteiger partial charge in [-0.1, -0.05) is 70.5 Å². The molecule has 0 radical (unpaired) electrons. The topological polar surface area (TPSA) is 0 Å². The maximum atomic E-state index is 3.89. The standard InChI is InChI=1S/C19H13BrS/c20-19(17-12-21-18-8-4-3-7-16(17)18)15-10-9-13-5-1-2-6-14(13)11-15/h1-12,19H. The van der Waals surface area contributed by atoms with Crippen LogP contribution >= 0.6 is 27.3 Å². The molecule has 1 unspecified atom stereocenters. The molecule has 1 atom stereocenters. The molecule has 4 aromatic rings. The second-order valence-electron chi connectivity index (χ2n) is 5.16. The molecule has 0 amide bonds. The summed E-state index contributed by atoms with van der Waals surface area (Å²) in [7, 11) is 0. The normalized spacial score (nSPS) is 12.8. The van der Waals surface area contributed by atoms with Crippen LogP contribution in [-0.2, 0) is 0 Å². The molecular weight excluding hydrogens is 340 g/mol. The van der Waals surface area contributed by atoms with Crippen LogP contribution in [0.25, 0.3) is 20.9 Å². The summed E-state index contributed by atoms with van der Waals surface area (Å²) in [5, 5.41) is 6.19. The van der Waals surface area contributed by atoms with E-state index in [-0.39, 0.29) is 4.83 Å². The van der Waals surface area contributed by atoms with E-state index in [0.717, 1.165) is 0 Å². The van der Waals surface area contributed by atoms with Crippen molar-refractivity contribution in [3.63, 3.8) is 0 Å². The van der Waals surface area contributed by atoms with Crippen molar-refractivity contribution < 1.29 is 0 Å². The number of rotatable bonds is 2. The van der Waals surface area contributed by atoms with E-state index >= 15 is 0 Å². The molecule has 102 valence electrons. The van der Waals surface area contributed by atoms with E-state index in [2.05, 4.69) is 88.0 Å². The van der Waals surface area contributed by atoms with Crippen molar-refractivity contribution in [1.29, 1.82) is 0 Å². The molecular formula is C19H13BrS. The van der Waals surface area contributed by atoms with Crippen LogP contribution in [0.15, 0.2) is 72.1 Å². The van der Waals surface area contributed by atoms with Crippen molar-refractivity contribution in [2.24, 2.45) is 0 Å². The van der Waals surface area contributed by atoms with Gasteiger partial charge in [0.15, 0.2) is 0 Å². The number of hydrogen-bond acceptors (Lipinski definition) is 1. The van der Waals surface area contributed by atoms with Crippen molar-refractivity contribution in [1.82, 2.24) is 0 Å². The van der Waals surface area contributed by atoms with Crippen molar-refractivity contribution in [3.8, 4) is 0 Å². The molecule has 0 aliphatic heterocycles. The Labute approximate surface area is 136 Å². The molecule has 0 fully saturated rings. The van der Waals surface area contributed by atoms with E-state index in [0.29, 0.717) is 0 Å². The fourth-order valence-corrected chi connectivity index (χ4v) is 4.57. The van der Waals surface area contributed by atoms with Crippen LogP contribution in [0.1, 0.15) is 16.0 Å². The molecule has 1 heterocycles. The fourth-order valence-electron chi connectivity index (χ4n) is 2.74. The predicted octanol–water partition coefficient (Wildman–Crippen LogP) is 6.54. The first kappa shape index (κ1) is 13.1. The third-order valence-corrected chi connectivity index (χ3v) is 5.85. The summed E-state index contributed by atoms with van der Waals surface area (Å²) in [6.45, 7) is 0. The number of thiophene rings is 1. The summed E-state index contributed by atoms with van der Waals surface area (Å²) < 4.78 is 1.35. The van der Waals surface area contributed by atoms with E-state index in [4.69, 9.17) is 0 Å². The van der Waals surface area contributed by atoms with Gasteiger partial charge >= 0.3 is 0 Å². The van der Waals surface area contributed by atoms with Gasteiger partial charge in [-0.3, -0.25) is 0 Å². The minimum atomic E-state index is 0.234.